The number of nitrogens with two attached hydrogens (primary N) is 1. The van der Waals surface area contributed by atoms with Gasteiger partial charge in [0.05, 0.1) is 0 Å². The van der Waals surface area contributed by atoms with Crippen LogP contribution in [0.15, 0.2) is 18.5 Å². The van der Waals surface area contributed by atoms with Gasteiger partial charge in [0.2, 0.25) is 11.9 Å². The lowest BCUT2D eigenvalue weighted by atomic mass is 10.2. The highest BCUT2D eigenvalue weighted by Gasteiger charge is 2.22. The van der Waals surface area contributed by atoms with Crippen LogP contribution >= 0.6 is 0 Å². The molecular formula is C11H16N8. The maximum absolute atomic E-state index is 5.42. The summed E-state index contributed by atoms with van der Waals surface area (Å²) in [5.74, 6) is 7.51. The minimum absolute atomic E-state index is 0.343. The Morgan fingerprint density at radius 2 is 2.16 bits per heavy atom. The Hall–Kier alpha value is -2.22. The molecule has 1 fully saturated rings. The van der Waals surface area contributed by atoms with Gasteiger partial charge >= 0.3 is 0 Å². The molecule has 3 N–H and O–H groups in total. The Labute approximate surface area is 110 Å². The Balaban J connectivity index is 1.98. The SMILES string of the molecule is CC1CCN(c2nc(NN)nc(-n3cccn3)n2)C1. The first-order valence-corrected chi connectivity index (χ1v) is 6.24. The van der Waals surface area contributed by atoms with Gasteiger partial charge in [0.25, 0.3) is 5.95 Å². The molecule has 100 valence electrons. The average molecular weight is 260 g/mol. The van der Waals surface area contributed by atoms with Crippen molar-refractivity contribution in [1.29, 1.82) is 0 Å². The Kier molecular flexibility index (Phi) is 3.00. The number of nitrogens with one attached hydrogen (secondary N) is 1. The molecule has 0 aromatic carbocycles. The summed E-state index contributed by atoms with van der Waals surface area (Å²) in [4.78, 5) is 15.1. The van der Waals surface area contributed by atoms with Gasteiger partial charge in [-0.25, -0.2) is 10.5 Å². The highest BCUT2D eigenvalue weighted by atomic mass is 15.4. The second kappa shape index (κ2) is 4.81. The van der Waals surface area contributed by atoms with Crippen molar-refractivity contribution in [3.05, 3.63) is 18.5 Å². The third kappa shape index (κ3) is 2.34. The summed E-state index contributed by atoms with van der Waals surface area (Å²) in [6.45, 7) is 4.12. The van der Waals surface area contributed by atoms with Crippen LogP contribution in [0.3, 0.4) is 0 Å². The van der Waals surface area contributed by atoms with Gasteiger partial charge in [-0.3, -0.25) is 5.43 Å². The monoisotopic (exact) mass is 260 g/mol. The summed E-state index contributed by atoms with van der Waals surface area (Å²) in [7, 11) is 0. The fraction of sp³-hybridized carbons (Fsp3) is 0.455. The van der Waals surface area contributed by atoms with Gasteiger partial charge in [0, 0.05) is 25.5 Å². The normalized spacial score (nSPS) is 18.8. The van der Waals surface area contributed by atoms with Crippen molar-refractivity contribution in [3.8, 4) is 5.95 Å². The van der Waals surface area contributed by atoms with E-state index in [1.165, 1.54) is 0 Å². The second-order valence-corrected chi connectivity index (χ2v) is 4.69. The number of nitrogens with zero attached hydrogens (tertiary/aromatic N) is 6. The van der Waals surface area contributed by atoms with Crippen molar-refractivity contribution < 1.29 is 0 Å². The lowest BCUT2D eigenvalue weighted by Crippen LogP contribution is -2.24. The quantitative estimate of drug-likeness (QED) is 0.600. The van der Waals surface area contributed by atoms with Crippen LogP contribution in [0.2, 0.25) is 0 Å². The topological polar surface area (TPSA) is 97.8 Å². The molecule has 2 aromatic heterocycles. The summed E-state index contributed by atoms with van der Waals surface area (Å²) in [5.41, 5.74) is 2.47. The van der Waals surface area contributed by atoms with Gasteiger partial charge in [0.15, 0.2) is 0 Å². The second-order valence-electron chi connectivity index (χ2n) is 4.69. The van der Waals surface area contributed by atoms with E-state index in [-0.39, 0.29) is 0 Å². The van der Waals surface area contributed by atoms with E-state index in [4.69, 9.17) is 5.84 Å². The zero-order chi connectivity index (χ0) is 13.2. The smallest absolute Gasteiger partial charge is 0.257 e. The number of rotatable bonds is 3. The molecule has 0 aliphatic carbocycles. The Morgan fingerprint density at radius 1 is 1.32 bits per heavy atom. The number of nitrogen functional groups attached to an aromatic ring is 1. The van der Waals surface area contributed by atoms with Gasteiger partial charge in [0.1, 0.15) is 0 Å². The molecule has 8 heteroatoms. The number of hydrogen-bond acceptors (Lipinski definition) is 7. The van der Waals surface area contributed by atoms with Crippen molar-refractivity contribution in [2.24, 2.45) is 11.8 Å². The van der Waals surface area contributed by atoms with Crippen LogP contribution in [0, 0.1) is 5.92 Å². The number of aromatic nitrogens is 5. The van der Waals surface area contributed by atoms with Crippen LogP contribution in [-0.2, 0) is 0 Å². The predicted molar refractivity (Wildman–Crippen MR) is 70.8 cm³/mol. The van der Waals surface area contributed by atoms with E-state index in [0.717, 1.165) is 19.5 Å². The molecule has 1 aliphatic heterocycles. The molecule has 0 amide bonds. The highest BCUT2D eigenvalue weighted by Crippen LogP contribution is 2.21. The molecule has 1 aliphatic rings. The van der Waals surface area contributed by atoms with Crippen LogP contribution < -0.4 is 16.2 Å². The molecule has 0 bridgehead atoms. The third-order valence-electron chi connectivity index (χ3n) is 3.16. The van der Waals surface area contributed by atoms with Crippen molar-refractivity contribution in [2.75, 3.05) is 23.4 Å². The molecular weight excluding hydrogens is 244 g/mol. The molecule has 0 saturated carbocycles. The van der Waals surface area contributed by atoms with E-state index >= 15 is 0 Å². The number of hydrazine groups is 1. The van der Waals surface area contributed by atoms with Crippen LogP contribution in [0.5, 0.6) is 0 Å². The summed E-state index contributed by atoms with van der Waals surface area (Å²) < 4.78 is 1.59. The Bertz CT molecular complexity index is 552. The van der Waals surface area contributed by atoms with E-state index < -0.39 is 0 Å². The summed E-state index contributed by atoms with van der Waals surface area (Å²) in [6.07, 6.45) is 4.61. The fourth-order valence-corrected chi connectivity index (χ4v) is 2.17. The summed E-state index contributed by atoms with van der Waals surface area (Å²) >= 11 is 0. The average Bonchev–Trinajstić information content (AvgIpc) is 3.09. The molecule has 1 saturated heterocycles. The van der Waals surface area contributed by atoms with Crippen molar-refractivity contribution >= 4 is 11.9 Å². The number of anilines is 2. The maximum Gasteiger partial charge on any atom is 0.257 e. The first kappa shape index (κ1) is 11.8. The number of hydrogen-bond donors (Lipinski definition) is 2. The summed E-state index contributed by atoms with van der Waals surface area (Å²) in [6, 6.07) is 1.82. The molecule has 1 atom stereocenters. The minimum atomic E-state index is 0.343. The third-order valence-corrected chi connectivity index (χ3v) is 3.16. The van der Waals surface area contributed by atoms with Gasteiger partial charge in [-0.05, 0) is 18.4 Å². The fourth-order valence-electron chi connectivity index (χ4n) is 2.17. The van der Waals surface area contributed by atoms with E-state index in [1.807, 2.05) is 6.07 Å². The van der Waals surface area contributed by atoms with Crippen LogP contribution in [0.25, 0.3) is 5.95 Å². The molecule has 2 aromatic rings. The molecule has 3 heterocycles. The molecule has 19 heavy (non-hydrogen) atoms. The molecule has 8 nitrogen and oxygen atoms in total. The first-order valence-electron chi connectivity index (χ1n) is 6.24. The Morgan fingerprint density at radius 3 is 2.79 bits per heavy atom. The van der Waals surface area contributed by atoms with E-state index in [9.17, 15) is 0 Å². The van der Waals surface area contributed by atoms with Gasteiger partial charge in [-0.2, -0.15) is 20.1 Å². The molecule has 0 radical (unpaired) electrons. The standard InChI is InChI=1S/C11H16N8/c1-8-3-6-18(7-8)10-14-9(17-12)15-11(16-10)19-5-2-4-13-19/h2,4-5,8H,3,6-7,12H2,1H3,(H,14,15,16,17). The van der Waals surface area contributed by atoms with E-state index in [2.05, 4.69) is 37.3 Å². The zero-order valence-electron chi connectivity index (χ0n) is 10.7. The lowest BCUT2D eigenvalue weighted by Gasteiger charge is -2.16. The maximum atomic E-state index is 5.42. The lowest BCUT2D eigenvalue weighted by molar-refractivity contribution is 0.657. The van der Waals surface area contributed by atoms with Gasteiger partial charge < -0.3 is 4.90 Å². The van der Waals surface area contributed by atoms with E-state index in [1.54, 1.807) is 17.1 Å². The van der Waals surface area contributed by atoms with Crippen LogP contribution in [0.4, 0.5) is 11.9 Å². The first-order chi connectivity index (χ1) is 9.26. The largest absolute Gasteiger partial charge is 0.340 e. The van der Waals surface area contributed by atoms with Crippen LogP contribution in [0.1, 0.15) is 13.3 Å². The van der Waals surface area contributed by atoms with Gasteiger partial charge in [-0.15, -0.1) is 0 Å². The molecule has 1 unspecified atom stereocenters. The van der Waals surface area contributed by atoms with Crippen molar-refractivity contribution in [2.45, 2.75) is 13.3 Å². The minimum Gasteiger partial charge on any atom is -0.340 e. The zero-order valence-corrected chi connectivity index (χ0v) is 10.7. The predicted octanol–water partition coefficient (Wildman–Crippen LogP) is 0.189. The van der Waals surface area contributed by atoms with Crippen LogP contribution in [-0.4, -0.2) is 37.8 Å². The van der Waals surface area contributed by atoms with Crippen molar-refractivity contribution in [1.82, 2.24) is 24.7 Å². The molecule has 0 spiro atoms. The van der Waals surface area contributed by atoms with Gasteiger partial charge in [-0.1, -0.05) is 6.92 Å². The highest BCUT2D eigenvalue weighted by molar-refractivity contribution is 5.40. The molecule has 3 rings (SSSR count). The summed E-state index contributed by atoms with van der Waals surface area (Å²) in [5, 5.41) is 4.12. The van der Waals surface area contributed by atoms with Crippen molar-refractivity contribution in [3.63, 3.8) is 0 Å². The van der Waals surface area contributed by atoms with E-state index in [0.29, 0.717) is 23.8 Å².